The maximum Gasteiger partial charge on any atom is 0.251 e. The van der Waals surface area contributed by atoms with Crippen molar-refractivity contribution in [3.05, 3.63) is 28.3 Å². The zero-order valence-electron chi connectivity index (χ0n) is 12.6. The van der Waals surface area contributed by atoms with E-state index in [9.17, 15) is 13.2 Å². The number of hydrogen-bond acceptors (Lipinski definition) is 3. The SMILES string of the molecule is CCC(NC(=O)c1cc(C)c(Cl)c(S(N)(=O)=O)c1)C(C)C. The Balaban J connectivity index is 3.20. The fourth-order valence-corrected chi connectivity index (χ4v) is 3.20. The first-order valence-corrected chi connectivity index (χ1v) is 8.64. The molecule has 0 aromatic heterocycles. The highest BCUT2D eigenvalue weighted by Crippen LogP contribution is 2.26. The molecule has 1 aromatic carbocycles. The summed E-state index contributed by atoms with van der Waals surface area (Å²) in [5.41, 5.74) is 0.728. The lowest BCUT2D eigenvalue weighted by molar-refractivity contribution is 0.0924. The molecular weight excluding hydrogens is 312 g/mol. The number of sulfonamides is 1. The highest BCUT2D eigenvalue weighted by atomic mass is 35.5. The van der Waals surface area contributed by atoms with Gasteiger partial charge in [0.1, 0.15) is 4.90 Å². The monoisotopic (exact) mass is 332 g/mol. The van der Waals surface area contributed by atoms with E-state index in [-0.39, 0.29) is 33.3 Å². The number of carbonyl (C=O) groups excluding carboxylic acids is 1. The molecule has 21 heavy (non-hydrogen) atoms. The standard InChI is InChI=1S/C14H21ClN2O3S/c1-5-11(8(2)3)17-14(18)10-6-9(4)13(15)12(7-10)21(16,19)20/h6-8,11H,5H2,1-4H3,(H,17,18)(H2,16,19,20). The van der Waals surface area contributed by atoms with Gasteiger partial charge in [-0.05, 0) is 37.0 Å². The van der Waals surface area contributed by atoms with E-state index in [1.54, 1.807) is 13.0 Å². The maximum atomic E-state index is 12.3. The van der Waals surface area contributed by atoms with Crippen LogP contribution >= 0.6 is 11.6 Å². The van der Waals surface area contributed by atoms with Gasteiger partial charge in [-0.1, -0.05) is 32.4 Å². The van der Waals surface area contributed by atoms with E-state index >= 15 is 0 Å². The fraction of sp³-hybridized carbons (Fsp3) is 0.500. The molecule has 0 bridgehead atoms. The summed E-state index contributed by atoms with van der Waals surface area (Å²) < 4.78 is 23.1. The molecule has 0 aliphatic heterocycles. The van der Waals surface area contributed by atoms with Crippen LogP contribution in [0.2, 0.25) is 5.02 Å². The molecule has 1 rings (SSSR count). The summed E-state index contributed by atoms with van der Waals surface area (Å²) in [7, 11) is -3.97. The Kier molecular flexibility index (Phi) is 5.78. The third-order valence-corrected chi connectivity index (χ3v) is 4.90. The summed E-state index contributed by atoms with van der Waals surface area (Å²) in [6.07, 6.45) is 0.790. The van der Waals surface area contributed by atoms with E-state index in [1.165, 1.54) is 6.07 Å². The third-order valence-electron chi connectivity index (χ3n) is 3.35. The number of nitrogens with one attached hydrogen (secondary N) is 1. The number of benzene rings is 1. The van der Waals surface area contributed by atoms with Crippen LogP contribution in [0.25, 0.3) is 0 Å². The van der Waals surface area contributed by atoms with Crippen molar-refractivity contribution >= 4 is 27.5 Å². The normalized spacial score (nSPS) is 13.3. The van der Waals surface area contributed by atoms with Crippen LogP contribution < -0.4 is 10.5 Å². The van der Waals surface area contributed by atoms with Gasteiger partial charge >= 0.3 is 0 Å². The smallest absolute Gasteiger partial charge is 0.251 e. The van der Waals surface area contributed by atoms with Crippen molar-refractivity contribution in [1.82, 2.24) is 5.32 Å². The molecule has 0 spiro atoms. The lowest BCUT2D eigenvalue weighted by atomic mass is 10.0. The van der Waals surface area contributed by atoms with Gasteiger partial charge in [0.2, 0.25) is 10.0 Å². The van der Waals surface area contributed by atoms with E-state index in [0.29, 0.717) is 5.56 Å². The van der Waals surface area contributed by atoms with E-state index in [0.717, 1.165) is 6.42 Å². The number of nitrogens with two attached hydrogens (primary N) is 1. The lowest BCUT2D eigenvalue weighted by Crippen LogP contribution is -2.38. The maximum absolute atomic E-state index is 12.3. The molecule has 1 amide bonds. The number of aryl methyl sites for hydroxylation is 1. The topological polar surface area (TPSA) is 89.3 Å². The summed E-state index contributed by atoms with van der Waals surface area (Å²) in [6, 6.07) is 2.79. The van der Waals surface area contributed by atoms with Crippen LogP contribution in [-0.4, -0.2) is 20.4 Å². The minimum absolute atomic E-state index is 0.0198. The van der Waals surface area contributed by atoms with Gasteiger partial charge in [-0.3, -0.25) is 4.79 Å². The van der Waals surface area contributed by atoms with Gasteiger partial charge in [0.25, 0.3) is 5.91 Å². The lowest BCUT2D eigenvalue weighted by Gasteiger charge is -2.21. The summed E-state index contributed by atoms with van der Waals surface area (Å²) in [4.78, 5) is 12.0. The molecule has 0 fully saturated rings. The Morgan fingerprint density at radius 1 is 1.38 bits per heavy atom. The van der Waals surface area contributed by atoms with Gasteiger partial charge < -0.3 is 5.32 Å². The molecule has 1 aromatic rings. The van der Waals surface area contributed by atoms with Crippen LogP contribution in [0.1, 0.15) is 43.1 Å². The Morgan fingerprint density at radius 3 is 2.38 bits per heavy atom. The van der Waals surface area contributed by atoms with Crippen molar-refractivity contribution in [3.63, 3.8) is 0 Å². The molecule has 7 heteroatoms. The second kappa shape index (κ2) is 6.77. The number of carbonyl (C=O) groups is 1. The van der Waals surface area contributed by atoms with Gasteiger partial charge in [-0.2, -0.15) is 0 Å². The molecule has 0 saturated carbocycles. The van der Waals surface area contributed by atoms with E-state index in [4.69, 9.17) is 16.7 Å². The third kappa shape index (κ3) is 4.43. The quantitative estimate of drug-likeness (QED) is 0.867. The van der Waals surface area contributed by atoms with Gasteiger partial charge in [0.15, 0.2) is 0 Å². The highest BCUT2D eigenvalue weighted by molar-refractivity contribution is 7.89. The molecule has 1 unspecified atom stereocenters. The van der Waals surface area contributed by atoms with E-state index < -0.39 is 10.0 Å². The van der Waals surface area contributed by atoms with Gasteiger partial charge in [-0.25, -0.2) is 13.6 Å². The summed E-state index contributed by atoms with van der Waals surface area (Å²) in [6.45, 7) is 7.63. The summed E-state index contributed by atoms with van der Waals surface area (Å²) in [5, 5.41) is 8.06. The van der Waals surface area contributed by atoms with Gasteiger partial charge in [0.05, 0.1) is 5.02 Å². The van der Waals surface area contributed by atoms with Crippen molar-refractivity contribution in [1.29, 1.82) is 0 Å². The van der Waals surface area contributed by atoms with Crippen molar-refractivity contribution in [2.24, 2.45) is 11.1 Å². The average molecular weight is 333 g/mol. The zero-order valence-corrected chi connectivity index (χ0v) is 14.2. The molecule has 5 nitrogen and oxygen atoms in total. The van der Waals surface area contributed by atoms with Crippen molar-refractivity contribution < 1.29 is 13.2 Å². The van der Waals surface area contributed by atoms with Crippen LogP contribution in [0.3, 0.4) is 0 Å². The van der Waals surface area contributed by atoms with Crippen LogP contribution in [0, 0.1) is 12.8 Å². The molecule has 1 atom stereocenters. The predicted octanol–water partition coefficient (Wildman–Crippen LogP) is 2.46. The van der Waals surface area contributed by atoms with Gasteiger partial charge in [0, 0.05) is 11.6 Å². The second-order valence-electron chi connectivity index (χ2n) is 5.38. The molecule has 0 aliphatic carbocycles. The Morgan fingerprint density at radius 2 is 1.95 bits per heavy atom. The highest BCUT2D eigenvalue weighted by Gasteiger charge is 2.20. The first-order chi connectivity index (χ1) is 9.57. The minimum Gasteiger partial charge on any atom is -0.349 e. The zero-order chi connectivity index (χ0) is 16.4. The van der Waals surface area contributed by atoms with Crippen molar-refractivity contribution in [2.75, 3.05) is 0 Å². The molecule has 0 saturated heterocycles. The predicted molar refractivity (Wildman–Crippen MR) is 83.9 cm³/mol. The van der Waals surface area contributed by atoms with Gasteiger partial charge in [-0.15, -0.1) is 0 Å². The molecule has 3 N–H and O–H groups in total. The Hall–Kier alpha value is -1.11. The van der Waals surface area contributed by atoms with Crippen LogP contribution in [0.15, 0.2) is 17.0 Å². The number of amides is 1. The summed E-state index contributed by atoms with van der Waals surface area (Å²) in [5.74, 6) is -0.0507. The first-order valence-electron chi connectivity index (χ1n) is 6.71. The van der Waals surface area contributed by atoms with E-state index in [1.807, 2.05) is 20.8 Å². The van der Waals surface area contributed by atoms with Crippen molar-refractivity contribution in [2.45, 2.75) is 45.1 Å². The number of halogens is 1. The van der Waals surface area contributed by atoms with Crippen LogP contribution in [0.5, 0.6) is 0 Å². The second-order valence-corrected chi connectivity index (χ2v) is 7.29. The molecular formula is C14H21ClN2O3S. The van der Waals surface area contributed by atoms with Crippen molar-refractivity contribution in [3.8, 4) is 0 Å². The average Bonchev–Trinajstić information content (AvgIpc) is 2.36. The largest absolute Gasteiger partial charge is 0.349 e. The Bertz CT molecular complexity index is 642. The van der Waals surface area contributed by atoms with Crippen LogP contribution in [0.4, 0.5) is 0 Å². The molecule has 0 heterocycles. The molecule has 118 valence electrons. The number of primary sulfonamides is 1. The fourth-order valence-electron chi connectivity index (χ4n) is 2.07. The van der Waals surface area contributed by atoms with E-state index in [2.05, 4.69) is 5.32 Å². The first kappa shape index (κ1) is 17.9. The Labute approximate surface area is 130 Å². The molecule has 0 radical (unpaired) electrons. The minimum atomic E-state index is -3.97. The number of rotatable bonds is 5. The number of hydrogen-bond donors (Lipinski definition) is 2. The molecule has 0 aliphatic rings. The van der Waals surface area contributed by atoms with Crippen LogP contribution in [-0.2, 0) is 10.0 Å². The summed E-state index contributed by atoms with van der Waals surface area (Å²) >= 11 is 5.95.